The first kappa shape index (κ1) is 12.8. The zero-order valence-electron chi connectivity index (χ0n) is 7.38. The van der Waals surface area contributed by atoms with Crippen molar-refractivity contribution in [2.45, 2.75) is 18.3 Å². The van der Waals surface area contributed by atoms with Crippen LogP contribution in [0.5, 0.6) is 0 Å². The maximum atomic E-state index is 12.2. The summed E-state index contributed by atoms with van der Waals surface area (Å²) in [5.74, 6) is 0. The summed E-state index contributed by atoms with van der Waals surface area (Å²) in [6.45, 7) is 1.24. The van der Waals surface area contributed by atoms with E-state index < -0.39 is 25.4 Å². The van der Waals surface area contributed by atoms with Crippen LogP contribution in [0.4, 0.5) is 13.2 Å². The van der Waals surface area contributed by atoms with E-state index >= 15 is 0 Å². The van der Waals surface area contributed by atoms with Crippen LogP contribution in [0, 0.1) is 0 Å². The van der Waals surface area contributed by atoms with Gasteiger partial charge in [0.2, 0.25) is 9.05 Å². The van der Waals surface area contributed by atoms with Gasteiger partial charge >= 0.3 is 6.18 Å². The fourth-order valence-corrected chi connectivity index (χ4v) is 3.00. The molecule has 1 aromatic heterocycles. The van der Waals surface area contributed by atoms with Gasteiger partial charge < -0.3 is 0 Å². The van der Waals surface area contributed by atoms with Crippen LogP contribution in [0.15, 0.2) is 12.1 Å². The average molecular weight is 279 g/mol. The van der Waals surface area contributed by atoms with Crippen molar-refractivity contribution in [1.82, 2.24) is 0 Å². The molecule has 0 bridgehead atoms. The highest BCUT2D eigenvalue weighted by Gasteiger charge is 2.34. The topological polar surface area (TPSA) is 34.1 Å². The van der Waals surface area contributed by atoms with E-state index in [2.05, 4.69) is 0 Å². The highest BCUT2D eigenvalue weighted by molar-refractivity contribution is 8.14. The third kappa shape index (κ3) is 3.09. The molecule has 0 saturated carbocycles. The predicted molar refractivity (Wildman–Crippen MR) is 52.5 cm³/mol. The van der Waals surface area contributed by atoms with Crippen LogP contribution >= 0.6 is 22.0 Å². The molecule has 8 heteroatoms. The van der Waals surface area contributed by atoms with Gasteiger partial charge in [0.05, 0.1) is 0 Å². The lowest BCUT2D eigenvalue weighted by Gasteiger charge is -2.04. The summed E-state index contributed by atoms with van der Waals surface area (Å²) in [6.07, 6.45) is -4.45. The Morgan fingerprint density at radius 1 is 1.40 bits per heavy atom. The van der Waals surface area contributed by atoms with Crippen LogP contribution in [0.2, 0.25) is 0 Å². The van der Waals surface area contributed by atoms with E-state index in [0.29, 0.717) is 11.3 Å². The van der Waals surface area contributed by atoms with E-state index in [4.69, 9.17) is 10.7 Å². The van der Waals surface area contributed by atoms with Crippen LogP contribution in [0.3, 0.4) is 0 Å². The number of halogens is 4. The van der Waals surface area contributed by atoms with Gasteiger partial charge in [0.1, 0.15) is 10.1 Å². The molecule has 1 heterocycles. The number of thiophene rings is 1. The highest BCUT2D eigenvalue weighted by Crippen LogP contribution is 2.38. The molecule has 0 amide bonds. The summed E-state index contributed by atoms with van der Waals surface area (Å²) in [6, 6.07) is 1.97. The van der Waals surface area contributed by atoms with Crippen molar-refractivity contribution < 1.29 is 21.6 Å². The zero-order valence-corrected chi connectivity index (χ0v) is 9.77. The van der Waals surface area contributed by atoms with Crippen molar-refractivity contribution in [1.29, 1.82) is 0 Å². The van der Waals surface area contributed by atoms with Crippen LogP contribution in [-0.4, -0.2) is 8.42 Å². The molecule has 0 spiro atoms. The van der Waals surface area contributed by atoms with Crippen molar-refractivity contribution in [3.8, 4) is 0 Å². The van der Waals surface area contributed by atoms with Crippen molar-refractivity contribution in [2.75, 3.05) is 0 Å². The normalized spacial score (nSPS) is 15.3. The van der Waals surface area contributed by atoms with Gasteiger partial charge in [-0.2, -0.15) is 13.2 Å². The van der Waals surface area contributed by atoms with Crippen LogP contribution < -0.4 is 0 Å². The second-order valence-electron chi connectivity index (χ2n) is 2.82. The molecule has 15 heavy (non-hydrogen) atoms. The molecule has 1 unspecified atom stereocenters. The van der Waals surface area contributed by atoms with Gasteiger partial charge in [0.25, 0.3) is 0 Å². The standard InChI is InChI=1S/C7H6ClF3O2S2/c1-4(15(8,12)13)5-2-3-6(14-5)7(9,10)11/h2-4H,1H3. The van der Waals surface area contributed by atoms with Crippen LogP contribution in [0.1, 0.15) is 21.9 Å². The maximum absolute atomic E-state index is 12.2. The first-order chi connectivity index (χ1) is 6.62. The van der Waals surface area contributed by atoms with E-state index in [1.54, 1.807) is 0 Å². The second-order valence-corrected chi connectivity index (χ2v) is 6.88. The number of alkyl halides is 3. The minimum atomic E-state index is -4.45. The molecule has 0 aliphatic carbocycles. The fourth-order valence-electron chi connectivity index (χ4n) is 0.862. The predicted octanol–water partition coefficient (Wildman–Crippen LogP) is 3.40. The minimum Gasteiger partial charge on any atom is -0.212 e. The van der Waals surface area contributed by atoms with Gasteiger partial charge in [0.15, 0.2) is 0 Å². The van der Waals surface area contributed by atoms with E-state index in [1.807, 2.05) is 0 Å². The Bertz CT molecular complexity index is 449. The molecular weight excluding hydrogens is 273 g/mol. The molecule has 1 aromatic rings. The summed E-state index contributed by atoms with van der Waals surface area (Å²) >= 11 is 0.386. The molecule has 1 atom stereocenters. The minimum absolute atomic E-state index is 0.0809. The van der Waals surface area contributed by atoms with E-state index in [9.17, 15) is 21.6 Å². The lowest BCUT2D eigenvalue weighted by Crippen LogP contribution is -2.02. The lowest BCUT2D eigenvalue weighted by molar-refractivity contribution is -0.134. The van der Waals surface area contributed by atoms with Gasteiger partial charge in [-0.3, -0.25) is 0 Å². The molecule has 0 N–H and O–H groups in total. The zero-order chi connectivity index (χ0) is 11.9. The number of hydrogen-bond acceptors (Lipinski definition) is 3. The molecule has 2 nitrogen and oxygen atoms in total. The Balaban J connectivity index is 3.06. The van der Waals surface area contributed by atoms with E-state index in [-0.39, 0.29) is 4.88 Å². The fraction of sp³-hybridized carbons (Fsp3) is 0.429. The average Bonchev–Trinajstić information content (AvgIpc) is 2.47. The molecule has 0 aliphatic heterocycles. The van der Waals surface area contributed by atoms with Crippen molar-refractivity contribution in [3.63, 3.8) is 0 Å². The second kappa shape index (κ2) is 3.95. The summed E-state index contributed by atoms with van der Waals surface area (Å²) in [5.41, 5.74) is 0. The van der Waals surface area contributed by atoms with Crippen molar-refractivity contribution >= 4 is 31.1 Å². The Labute approximate surface area is 93.1 Å². The number of hydrogen-bond donors (Lipinski definition) is 0. The summed E-state index contributed by atoms with van der Waals surface area (Å²) in [7, 11) is 1.17. The maximum Gasteiger partial charge on any atom is 0.425 e. The molecule has 0 aromatic carbocycles. The van der Waals surface area contributed by atoms with E-state index in [0.717, 1.165) is 12.1 Å². The van der Waals surface area contributed by atoms with Gasteiger partial charge in [-0.05, 0) is 19.1 Å². The van der Waals surface area contributed by atoms with Crippen LogP contribution in [0.25, 0.3) is 0 Å². The summed E-state index contributed by atoms with van der Waals surface area (Å²) in [5, 5.41) is -1.12. The first-order valence-corrected chi connectivity index (χ1v) is 6.91. The van der Waals surface area contributed by atoms with Crippen molar-refractivity contribution in [2.24, 2.45) is 0 Å². The molecule has 0 radical (unpaired) electrons. The molecule has 1 rings (SSSR count). The highest BCUT2D eigenvalue weighted by atomic mass is 35.7. The lowest BCUT2D eigenvalue weighted by atomic mass is 10.3. The SMILES string of the molecule is CC(c1ccc(C(F)(F)F)s1)S(=O)(=O)Cl. The summed E-state index contributed by atoms with van der Waals surface area (Å²) in [4.78, 5) is -0.748. The first-order valence-electron chi connectivity index (χ1n) is 3.73. The van der Waals surface area contributed by atoms with Gasteiger partial charge in [-0.15, -0.1) is 11.3 Å². The van der Waals surface area contributed by atoms with Crippen molar-refractivity contribution in [3.05, 3.63) is 21.9 Å². The van der Waals surface area contributed by atoms with Gasteiger partial charge in [-0.25, -0.2) is 8.42 Å². The molecular formula is C7H6ClF3O2S2. The molecule has 0 saturated heterocycles. The quantitative estimate of drug-likeness (QED) is 0.777. The Hall–Kier alpha value is -0.270. The molecule has 0 aliphatic rings. The third-order valence-electron chi connectivity index (χ3n) is 1.73. The Morgan fingerprint density at radius 3 is 2.27 bits per heavy atom. The monoisotopic (exact) mass is 278 g/mol. The molecule has 0 fully saturated rings. The third-order valence-corrected chi connectivity index (χ3v) is 5.09. The smallest absolute Gasteiger partial charge is 0.212 e. The van der Waals surface area contributed by atoms with Gasteiger partial charge in [-0.1, -0.05) is 0 Å². The van der Waals surface area contributed by atoms with Gasteiger partial charge in [0, 0.05) is 15.6 Å². The largest absolute Gasteiger partial charge is 0.425 e. The molecule has 86 valence electrons. The van der Waals surface area contributed by atoms with Crippen LogP contribution in [-0.2, 0) is 15.2 Å². The Morgan fingerprint density at radius 2 is 1.93 bits per heavy atom. The number of rotatable bonds is 2. The summed E-state index contributed by atoms with van der Waals surface area (Å²) < 4.78 is 58.3. The Kier molecular flexibility index (Phi) is 3.37. The van der Waals surface area contributed by atoms with E-state index in [1.165, 1.54) is 6.92 Å².